The van der Waals surface area contributed by atoms with Crippen molar-refractivity contribution in [3.63, 3.8) is 0 Å². The van der Waals surface area contributed by atoms with E-state index in [4.69, 9.17) is 13.3 Å². The van der Waals surface area contributed by atoms with Crippen LogP contribution in [0.25, 0.3) is 0 Å². The van der Waals surface area contributed by atoms with Gasteiger partial charge in [-0.15, -0.1) is 0 Å². The summed E-state index contributed by atoms with van der Waals surface area (Å²) >= 11 is 0. The molecular weight excluding hydrogens is 332 g/mol. The standard InChI is InChI=1S/C19H40N2O3Si/c1-5-9-10-11-12-13-15-20-16-18-21-17-14-19(21)25(22-6-2,23-7-3)24-8-4/h15,19H,5-14,16-18H2,1-4H3. The highest BCUT2D eigenvalue weighted by atomic mass is 28.4. The molecule has 1 saturated heterocycles. The number of hydrogen-bond acceptors (Lipinski definition) is 5. The molecule has 0 N–H and O–H groups in total. The molecule has 0 amide bonds. The molecule has 0 aromatic rings. The van der Waals surface area contributed by atoms with Gasteiger partial charge in [-0.2, -0.15) is 0 Å². The maximum Gasteiger partial charge on any atom is 0.519 e. The summed E-state index contributed by atoms with van der Waals surface area (Å²) in [6.07, 6.45) is 11.0. The van der Waals surface area contributed by atoms with Gasteiger partial charge in [0, 0.05) is 26.4 Å². The van der Waals surface area contributed by atoms with Gasteiger partial charge < -0.3 is 13.3 Å². The zero-order valence-corrected chi connectivity index (χ0v) is 18.0. The maximum absolute atomic E-state index is 6.05. The van der Waals surface area contributed by atoms with Crippen molar-refractivity contribution in [1.82, 2.24) is 4.90 Å². The zero-order valence-electron chi connectivity index (χ0n) is 17.0. The van der Waals surface area contributed by atoms with Crippen molar-refractivity contribution >= 4 is 15.0 Å². The minimum absolute atomic E-state index is 0.302. The van der Waals surface area contributed by atoms with Crippen molar-refractivity contribution in [2.45, 2.75) is 78.3 Å². The highest BCUT2D eigenvalue weighted by Gasteiger charge is 2.55. The molecule has 0 saturated carbocycles. The van der Waals surface area contributed by atoms with Crippen LogP contribution in [-0.4, -0.2) is 65.0 Å². The van der Waals surface area contributed by atoms with Gasteiger partial charge in [-0.3, -0.25) is 9.89 Å². The molecule has 0 aromatic heterocycles. The van der Waals surface area contributed by atoms with Crippen molar-refractivity contribution in [2.24, 2.45) is 4.99 Å². The van der Waals surface area contributed by atoms with Crippen molar-refractivity contribution in [2.75, 3.05) is 39.5 Å². The molecule has 0 bridgehead atoms. The lowest BCUT2D eigenvalue weighted by molar-refractivity contribution is 0.00588. The molecule has 0 radical (unpaired) electrons. The molecule has 1 aliphatic heterocycles. The summed E-state index contributed by atoms with van der Waals surface area (Å²) in [6, 6.07) is 0. The van der Waals surface area contributed by atoms with Crippen LogP contribution in [0.4, 0.5) is 0 Å². The third kappa shape index (κ3) is 7.87. The summed E-state index contributed by atoms with van der Waals surface area (Å²) in [7, 11) is -2.60. The monoisotopic (exact) mass is 372 g/mol. The van der Waals surface area contributed by atoms with E-state index in [1.54, 1.807) is 0 Å². The SMILES string of the molecule is CCCCCCCC=NCCN1CCC1[Si](OCC)(OCC)OCC. The summed E-state index contributed by atoms with van der Waals surface area (Å²) in [6.45, 7) is 13.2. The van der Waals surface area contributed by atoms with Crippen LogP contribution in [0.5, 0.6) is 0 Å². The van der Waals surface area contributed by atoms with Crippen molar-refractivity contribution in [3.05, 3.63) is 0 Å². The number of hydrogen-bond donors (Lipinski definition) is 0. The Kier molecular flexibility index (Phi) is 12.6. The van der Waals surface area contributed by atoms with Crippen LogP contribution in [0.1, 0.15) is 72.6 Å². The van der Waals surface area contributed by atoms with E-state index in [0.717, 1.165) is 32.5 Å². The average molecular weight is 373 g/mol. The summed E-state index contributed by atoms with van der Waals surface area (Å²) < 4.78 is 18.2. The Hall–Kier alpha value is -0.273. The second-order valence-corrected chi connectivity index (χ2v) is 9.27. The van der Waals surface area contributed by atoms with Crippen LogP contribution in [0, 0.1) is 0 Å². The van der Waals surface area contributed by atoms with Gasteiger partial charge in [0.25, 0.3) is 0 Å². The first-order valence-corrected chi connectivity index (χ1v) is 12.2. The fourth-order valence-corrected chi connectivity index (χ4v) is 6.56. The van der Waals surface area contributed by atoms with Gasteiger partial charge in [-0.1, -0.05) is 32.6 Å². The minimum Gasteiger partial charge on any atom is -0.373 e. The molecule has 148 valence electrons. The molecule has 5 nitrogen and oxygen atoms in total. The molecule has 1 rings (SSSR count). The third-order valence-electron chi connectivity index (χ3n) is 4.66. The van der Waals surface area contributed by atoms with E-state index in [2.05, 4.69) is 23.0 Å². The highest BCUT2D eigenvalue weighted by Crippen LogP contribution is 2.29. The van der Waals surface area contributed by atoms with Crippen LogP contribution in [0.2, 0.25) is 0 Å². The lowest BCUT2D eigenvalue weighted by Gasteiger charge is -2.47. The van der Waals surface area contributed by atoms with Crippen molar-refractivity contribution < 1.29 is 13.3 Å². The van der Waals surface area contributed by atoms with E-state index in [-0.39, 0.29) is 0 Å². The largest absolute Gasteiger partial charge is 0.519 e. The van der Waals surface area contributed by atoms with Gasteiger partial charge in [0.2, 0.25) is 0 Å². The van der Waals surface area contributed by atoms with Gasteiger partial charge >= 0.3 is 8.80 Å². The summed E-state index contributed by atoms with van der Waals surface area (Å²) in [4.78, 5) is 7.03. The zero-order chi connectivity index (χ0) is 18.4. The van der Waals surface area contributed by atoms with Gasteiger partial charge in [0.15, 0.2) is 0 Å². The van der Waals surface area contributed by atoms with E-state index in [9.17, 15) is 0 Å². The first kappa shape index (κ1) is 22.8. The fraction of sp³-hybridized carbons (Fsp3) is 0.947. The molecule has 1 fully saturated rings. The molecule has 1 unspecified atom stereocenters. The highest BCUT2D eigenvalue weighted by molar-refractivity contribution is 6.62. The van der Waals surface area contributed by atoms with Crippen LogP contribution < -0.4 is 0 Å². The predicted octanol–water partition coefficient (Wildman–Crippen LogP) is 4.08. The molecule has 25 heavy (non-hydrogen) atoms. The van der Waals surface area contributed by atoms with E-state index in [0.29, 0.717) is 25.5 Å². The quantitative estimate of drug-likeness (QED) is 0.233. The maximum atomic E-state index is 6.05. The molecule has 0 aromatic carbocycles. The van der Waals surface area contributed by atoms with Crippen LogP contribution >= 0.6 is 0 Å². The Morgan fingerprint density at radius 3 is 2.12 bits per heavy atom. The Labute approximate surface area is 156 Å². The van der Waals surface area contributed by atoms with Gasteiger partial charge in [0.05, 0.1) is 12.2 Å². The van der Waals surface area contributed by atoms with Crippen molar-refractivity contribution in [3.8, 4) is 0 Å². The number of rotatable bonds is 16. The second kappa shape index (κ2) is 13.9. The molecule has 1 aliphatic rings. The topological polar surface area (TPSA) is 43.3 Å². The number of aliphatic imine (C=N–C) groups is 1. The van der Waals surface area contributed by atoms with E-state index in [1.807, 2.05) is 20.8 Å². The lowest BCUT2D eigenvalue weighted by Crippen LogP contribution is -2.69. The molecule has 6 heteroatoms. The van der Waals surface area contributed by atoms with Crippen LogP contribution in [-0.2, 0) is 13.3 Å². The molecule has 0 spiro atoms. The number of nitrogens with zero attached hydrogens (tertiary/aromatic N) is 2. The van der Waals surface area contributed by atoms with E-state index in [1.165, 1.54) is 32.1 Å². The van der Waals surface area contributed by atoms with Gasteiger partial charge in [-0.25, -0.2) is 0 Å². The molecule has 0 aliphatic carbocycles. The fourth-order valence-electron chi connectivity index (χ4n) is 3.33. The first-order valence-electron chi connectivity index (χ1n) is 10.4. The normalized spacial score (nSPS) is 18.8. The first-order chi connectivity index (χ1) is 12.2. The number of unbranched alkanes of at least 4 members (excludes halogenated alkanes) is 5. The Morgan fingerprint density at radius 2 is 1.60 bits per heavy atom. The van der Waals surface area contributed by atoms with Crippen molar-refractivity contribution in [1.29, 1.82) is 0 Å². The Balaban J connectivity index is 2.34. The van der Waals surface area contributed by atoms with Crippen LogP contribution in [0.15, 0.2) is 4.99 Å². The molecule has 1 heterocycles. The smallest absolute Gasteiger partial charge is 0.373 e. The third-order valence-corrected chi connectivity index (χ3v) is 8.20. The average Bonchev–Trinajstić information content (AvgIpc) is 2.56. The predicted molar refractivity (Wildman–Crippen MR) is 107 cm³/mol. The molecular formula is C19H40N2O3Si. The summed E-state index contributed by atoms with van der Waals surface area (Å²) in [5.74, 6) is 0. The van der Waals surface area contributed by atoms with E-state index < -0.39 is 8.80 Å². The Bertz CT molecular complexity index is 339. The lowest BCUT2D eigenvalue weighted by atomic mass is 10.1. The Morgan fingerprint density at radius 1 is 0.960 bits per heavy atom. The summed E-state index contributed by atoms with van der Waals surface area (Å²) in [5, 5.41) is 0. The van der Waals surface area contributed by atoms with Gasteiger partial charge in [-0.05, 0) is 52.8 Å². The van der Waals surface area contributed by atoms with Gasteiger partial charge in [0.1, 0.15) is 0 Å². The molecule has 1 atom stereocenters. The number of likely N-dealkylation sites (tertiary alicyclic amines) is 1. The second-order valence-electron chi connectivity index (χ2n) is 6.53. The van der Waals surface area contributed by atoms with Crippen LogP contribution in [0.3, 0.4) is 0 Å². The minimum atomic E-state index is -2.60. The van der Waals surface area contributed by atoms with E-state index >= 15 is 0 Å². The summed E-state index contributed by atoms with van der Waals surface area (Å²) in [5.41, 5.74) is 0.302.